The molecule has 0 amide bonds. The van der Waals surface area contributed by atoms with Gasteiger partial charge in [0.2, 0.25) is 0 Å². The third kappa shape index (κ3) is 2.30. The normalized spacial score (nSPS) is 16.9. The molecule has 0 aliphatic heterocycles. The van der Waals surface area contributed by atoms with E-state index >= 15 is 0 Å². The highest BCUT2D eigenvalue weighted by molar-refractivity contribution is 5.43. The minimum Gasteiger partial charge on any atom is -0.368 e. The summed E-state index contributed by atoms with van der Waals surface area (Å²) in [5, 5.41) is 19.2. The van der Waals surface area contributed by atoms with Crippen molar-refractivity contribution in [2.24, 2.45) is 0 Å². The Morgan fingerprint density at radius 2 is 1.86 bits per heavy atom. The van der Waals surface area contributed by atoms with Crippen LogP contribution in [0.25, 0.3) is 5.65 Å². The minimum atomic E-state index is 0.207. The number of nitrogens with one attached hydrogen (secondary N) is 1. The first kappa shape index (κ1) is 13.2. The number of fused-ring (bicyclic) bond motifs is 1. The molecule has 0 spiro atoms. The molecule has 0 saturated heterocycles. The molecule has 1 aliphatic carbocycles. The van der Waals surface area contributed by atoms with E-state index in [-0.39, 0.29) is 5.41 Å². The maximum atomic E-state index is 4.39. The van der Waals surface area contributed by atoms with E-state index in [1.807, 2.05) is 12.1 Å². The van der Waals surface area contributed by atoms with Gasteiger partial charge in [-0.2, -0.15) is 0 Å². The zero-order valence-electron chi connectivity index (χ0n) is 12.3. The largest absolute Gasteiger partial charge is 0.368 e. The van der Waals surface area contributed by atoms with Gasteiger partial charge in [-0.1, -0.05) is 43.2 Å². The van der Waals surface area contributed by atoms with Crippen LogP contribution in [-0.2, 0) is 5.41 Å². The second-order valence-electron chi connectivity index (χ2n) is 5.95. The number of rotatable bonds is 4. The maximum absolute atomic E-state index is 4.39. The zero-order chi connectivity index (χ0) is 14.8. The lowest BCUT2D eigenvalue weighted by atomic mass is 9.79. The van der Waals surface area contributed by atoms with Gasteiger partial charge in [0.1, 0.15) is 5.82 Å². The molecule has 1 fully saturated rings. The third-order valence-electron chi connectivity index (χ3n) is 4.62. The number of aromatic nitrogens is 5. The molecule has 0 atom stereocenters. The molecule has 3 aromatic rings. The zero-order valence-corrected chi connectivity index (χ0v) is 12.3. The Balaban J connectivity index is 1.57. The number of hydrogen-bond donors (Lipinski definition) is 1. The van der Waals surface area contributed by atoms with Crippen molar-refractivity contribution in [1.82, 2.24) is 25.3 Å². The van der Waals surface area contributed by atoms with E-state index < -0.39 is 0 Å². The van der Waals surface area contributed by atoms with Gasteiger partial charge in [-0.3, -0.25) is 0 Å². The molecule has 22 heavy (non-hydrogen) atoms. The topological polar surface area (TPSA) is 68.0 Å². The summed E-state index contributed by atoms with van der Waals surface area (Å²) in [5.74, 6) is 0.807. The Morgan fingerprint density at radius 3 is 2.68 bits per heavy atom. The van der Waals surface area contributed by atoms with E-state index in [1.165, 1.54) is 35.9 Å². The lowest BCUT2D eigenvalue weighted by Crippen LogP contribution is -2.31. The fourth-order valence-corrected chi connectivity index (χ4v) is 3.41. The second kappa shape index (κ2) is 5.36. The summed E-state index contributed by atoms with van der Waals surface area (Å²) in [6, 6.07) is 14.6. The molecular formula is C16H18N6. The van der Waals surface area contributed by atoms with Crippen molar-refractivity contribution in [1.29, 1.82) is 0 Å². The van der Waals surface area contributed by atoms with E-state index in [4.69, 9.17) is 0 Å². The van der Waals surface area contributed by atoms with E-state index in [9.17, 15) is 0 Å². The van der Waals surface area contributed by atoms with E-state index in [0.717, 1.165) is 12.4 Å². The molecule has 2 aromatic heterocycles. The van der Waals surface area contributed by atoms with Gasteiger partial charge in [0.25, 0.3) is 0 Å². The average molecular weight is 294 g/mol. The van der Waals surface area contributed by atoms with Crippen molar-refractivity contribution in [3.05, 3.63) is 48.0 Å². The molecule has 0 radical (unpaired) electrons. The number of anilines is 1. The van der Waals surface area contributed by atoms with Crippen LogP contribution in [0.3, 0.4) is 0 Å². The minimum absolute atomic E-state index is 0.207. The quantitative estimate of drug-likeness (QED) is 0.800. The lowest BCUT2D eigenvalue weighted by Gasteiger charge is -2.30. The molecule has 0 unspecified atom stereocenters. The van der Waals surface area contributed by atoms with Crippen LogP contribution in [0, 0.1) is 0 Å². The van der Waals surface area contributed by atoms with Gasteiger partial charge in [-0.15, -0.1) is 14.8 Å². The Morgan fingerprint density at radius 1 is 1.05 bits per heavy atom. The molecule has 1 N–H and O–H groups in total. The van der Waals surface area contributed by atoms with Crippen LogP contribution >= 0.6 is 0 Å². The van der Waals surface area contributed by atoms with Gasteiger partial charge < -0.3 is 5.32 Å². The summed E-state index contributed by atoms with van der Waals surface area (Å²) in [6.07, 6.45) is 5.01. The van der Waals surface area contributed by atoms with Gasteiger partial charge in [0.05, 0.1) is 0 Å². The number of hydrogen-bond acceptors (Lipinski definition) is 5. The summed E-state index contributed by atoms with van der Waals surface area (Å²) < 4.78 is 1.45. The van der Waals surface area contributed by atoms with Crippen molar-refractivity contribution >= 4 is 11.5 Å². The summed E-state index contributed by atoms with van der Waals surface area (Å²) in [4.78, 5) is 0. The first-order valence-electron chi connectivity index (χ1n) is 7.71. The third-order valence-corrected chi connectivity index (χ3v) is 4.62. The molecule has 1 aromatic carbocycles. The summed E-state index contributed by atoms with van der Waals surface area (Å²) >= 11 is 0. The van der Waals surface area contributed by atoms with Crippen LogP contribution in [0.4, 0.5) is 5.82 Å². The van der Waals surface area contributed by atoms with Crippen LogP contribution in [0.1, 0.15) is 31.2 Å². The van der Waals surface area contributed by atoms with Gasteiger partial charge >= 0.3 is 0 Å². The van der Waals surface area contributed by atoms with Crippen LogP contribution in [0.5, 0.6) is 0 Å². The molecule has 2 heterocycles. The Hall–Kier alpha value is -2.50. The van der Waals surface area contributed by atoms with Gasteiger partial charge in [-0.05, 0) is 41.0 Å². The molecule has 1 saturated carbocycles. The number of nitrogens with zero attached hydrogens (tertiary/aromatic N) is 5. The predicted octanol–water partition coefficient (Wildman–Crippen LogP) is 2.44. The summed E-state index contributed by atoms with van der Waals surface area (Å²) in [5.41, 5.74) is 2.28. The molecule has 6 nitrogen and oxygen atoms in total. The Kier molecular flexibility index (Phi) is 3.21. The van der Waals surface area contributed by atoms with Gasteiger partial charge in [0, 0.05) is 12.0 Å². The lowest BCUT2D eigenvalue weighted by molar-refractivity contribution is 0.466. The summed E-state index contributed by atoms with van der Waals surface area (Å²) in [6.45, 7) is 0.887. The number of benzene rings is 1. The molecular weight excluding hydrogens is 276 g/mol. The van der Waals surface area contributed by atoms with E-state index in [0.29, 0.717) is 5.65 Å². The molecule has 112 valence electrons. The smallest absolute Gasteiger partial charge is 0.200 e. The standard InChI is InChI=1S/C16H18N6/c1-2-6-13(7-3-1)16(10-4-5-11-16)12-17-14-8-9-15-18-20-21-22(15)19-14/h1-3,6-9H,4-5,10-12H2,(H,17,19). The highest BCUT2D eigenvalue weighted by Crippen LogP contribution is 2.41. The summed E-state index contributed by atoms with van der Waals surface area (Å²) in [7, 11) is 0. The van der Waals surface area contributed by atoms with Gasteiger partial charge in [-0.25, -0.2) is 0 Å². The van der Waals surface area contributed by atoms with Crippen LogP contribution in [0.15, 0.2) is 42.5 Å². The molecule has 6 heteroatoms. The predicted molar refractivity (Wildman–Crippen MR) is 83.7 cm³/mol. The van der Waals surface area contributed by atoms with Crippen LogP contribution in [0.2, 0.25) is 0 Å². The van der Waals surface area contributed by atoms with Crippen molar-refractivity contribution < 1.29 is 0 Å². The molecule has 4 rings (SSSR count). The maximum Gasteiger partial charge on any atom is 0.200 e. The highest BCUT2D eigenvalue weighted by atomic mass is 15.6. The van der Waals surface area contributed by atoms with Crippen molar-refractivity contribution in [2.45, 2.75) is 31.1 Å². The fourth-order valence-electron chi connectivity index (χ4n) is 3.41. The van der Waals surface area contributed by atoms with Crippen molar-refractivity contribution in [2.75, 3.05) is 11.9 Å². The molecule has 1 aliphatic rings. The fraction of sp³-hybridized carbons (Fsp3) is 0.375. The van der Waals surface area contributed by atoms with Crippen LogP contribution in [-0.4, -0.2) is 31.8 Å². The Bertz CT molecular complexity index is 760. The second-order valence-corrected chi connectivity index (χ2v) is 5.95. The van der Waals surface area contributed by atoms with Gasteiger partial charge in [0.15, 0.2) is 5.65 Å². The first-order chi connectivity index (χ1) is 10.9. The van der Waals surface area contributed by atoms with Crippen molar-refractivity contribution in [3.63, 3.8) is 0 Å². The molecule has 0 bridgehead atoms. The van der Waals surface area contributed by atoms with Crippen LogP contribution < -0.4 is 5.32 Å². The number of tetrazole rings is 1. The Labute approximate surface area is 128 Å². The SMILES string of the molecule is c1ccc(C2(CNc3ccc4nnnn4n3)CCCC2)cc1. The average Bonchev–Trinajstić information content (AvgIpc) is 3.23. The highest BCUT2D eigenvalue weighted by Gasteiger charge is 2.35. The van der Waals surface area contributed by atoms with E-state index in [1.54, 1.807) is 0 Å². The first-order valence-corrected chi connectivity index (χ1v) is 7.71. The monoisotopic (exact) mass is 294 g/mol. The van der Waals surface area contributed by atoms with E-state index in [2.05, 4.69) is 56.3 Å². The van der Waals surface area contributed by atoms with Crippen molar-refractivity contribution in [3.8, 4) is 0 Å².